The number of carbonyl (C=O) groups is 2. The smallest absolute Gasteiger partial charge is 0.227 e. The standard InChI is InChI=1S/C14H22N2O2/c1-5-8-14(2)9-6-11(17)12(18)7-10-16(4)13(14)15-3/h6-7,9-10,13,15H,5,8H2,1-4H3/b9-6+,10-7+. The number of allylic oxidation sites excluding steroid dienone is 2. The molecule has 2 unspecified atom stereocenters. The molecule has 0 spiro atoms. The Morgan fingerprint density at radius 2 is 1.94 bits per heavy atom. The highest BCUT2D eigenvalue weighted by molar-refractivity contribution is 6.45. The molecule has 0 bridgehead atoms. The van der Waals surface area contributed by atoms with Crippen LogP contribution in [0.5, 0.6) is 0 Å². The molecule has 0 aromatic carbocycles. The second kappa shape index (κ2) is 5.96. The maximum Gasteiger partial charge on any atom is 0.227 e. The van der Waals surface area contributed by atoms with Crippen molar-refractivity contribution < 1.29 is 9.59 Å². The molecule has 0 fully saturated rings. The quantitative estimate of drug-likeness (QED) is 0.771. The lowest BCUT2D eigenvalue weighted by atomic mass is 9.81. The Bertz CT molecular complexity index is 387. The Hall–Kier alpha value is -1.42. The van der Waals surface area contributed by atoms with E-state index in [1.54, 1.807) is 6.20 Å². The predicted octanol–water partition coefficient (Wildman–Crippen LogP) is 1.49. The second-order valence-corrected chi connectivity index (χ2v) is 4.99. The molecule has 0 saturated heterocycles. The third-order valence-corrected chi connectivity index (χ3v) is 3.41. The van der Waals surface area contributed by atoms with Crippen LogP contribution in [-0.2, 0) is 9.59 Å². The molecule has 1 aliphatic rings. The Labute approximate surface area is 109 Å². The van der Waals surface area contributed by atoms with E-state index in [0.717, 1.165) is 12.8 Å². The number of hydrogen-bond acceptors (Lipinski definition) is 4. The zero-order valence-corrected chi connectivity index (χ0v) is 11.6. The fourth-order valence-electron chi connectivity index (χ4n) is 2.55. The van der Waals surface area contributed by atoms with E-state index in [0.29, 0.717) is 0 Å². The molecule has 4 heteroatoms. The topological polar surface area (TPSA) is 49.4 Å². The van der Waals surface area contributed by atoms with Gasteiger partial charge in [-0.3, -0.25) is 14.9 Å². The van der Waals surface area contributed by atoms with E-state index in [1.807, 2.05) is 25.1 Å². The minimum absolute atomic E-state index is 0.0450. The highest BCUT2D eigenvalue weighted by Crippen LogP contribution is 2.31. The summed E-state index contributed by atoms with van der Waals surface area (Å²) in [6, 6.07) is 0. The Balaban J connectivity index is 3.19. The number of hydrogen-bond donors (Lipinski definition) is 1. The van der Waals surface area contributed by atoms with Gasteiger partial charge in [-0.15, -0.1) is 0 Å². The average Bonchev–Trinajstić information content (AvgIpc) is 2.36. The number of ketones is 2. The summed E-state index contributed by atoms with van der Waals surface area (Å²) in [7, 11) is 3.79. The third kappa shape index (κ3) is 3.07. The number of nitrogens with zero attached hydrogens (tertiary/aromatic N) is 1. The van der Waals surface area contributed by atoms with Gasteiger partial charge in [0.25, 0.3) is 0 Å². The van der Waals surface area contributed by atoms with Gasteiger partial charge in [-0.05, 0) is 19.5 Å². The fraction of sp³-hybridized carbons (Fsp3) is 0.571. The Morgan fingerprint density at radius 1 is 1.33 bits per heavy atom. The van der Waals surface area contributed by atoms with Crippen LogP contribution in [0.2, 0.25) is 0 Å². The van der Waals surface area contributed by atoms with Crippen molar-refractivity contribution in [2.24, 2.45) is 5.41 Å². The minimum Gasteiger partial charge on any atom is -0.364 e. The summed E-state index contributed by atoms with van der Waals surface area (Å²) in [6.07, 6.45) is 8.26. The van der Waals surface area contributed by atoms with Gasteiger partial charge >= 0.3 is 0 Å². The van der Waals surface area contributed by atoms with E-state index in [2.05, 4.69) is 19.2 Å². The molecule has 1 heterocycles. The molecular formula is C14H22N2O2. The first kappa shape index (κ1) is 14.6. The molecule has 2 atom stereocenters. The van der Waals surface area contributed by atoms with Gasteiger partial charge in [0.2, 0.25) is 11.6 Å². The van der Waals surface area contributed by atoms with Crippen LogP contribution in [0.15, 0.2) is 24.4 Å². The largest absolute Gasteiger partial charge is 0.364 e. The first-order chi connectivity index (χ1) is 8.44. The second-order valence-electron chi connectivity index (χ2n) is 4.99. The van der Waals surface area contributed by atoms with Crippen LogP contribution in [0.1, 0.15) is 26.7 Å². The normalized spacial score (nSPS) is 32.7. The molecule has 18 heavy (non-hydrogen) atoms. The van der Waals surface area contributed by atoms with Crippen LogP contribution in [0.3, 0.4) is 0 Å². The van der Waals surface area contributed by atoms with Gasteiger partial charge in [0.15, 0.2) is 0 Å². The van der Waals surface area contributed by atoms with E-state index >= 15 is 0 Å². The van der Waals surface area contributed by atoms with Gasteiger partial charge in [0.05, 0.1) is 6.17 Å². The molecule has 4 nitrogen and oxygen atoms in total. The molecule has 0 aliphatic carbocycles. The number of rotatable bonds is 3. The molecule has 0 saturated carbocycles. The Kier molecular flexibility index (Phi) is 4.84. The lowest BCUT2D eigenvalue weighted by Gasteiger charge is -2.40. The first-order valence-corrected chi connectivity index (χ1v) is 6.29. The molecule has 0 amide bonds. The van der Waals surface area contributed by atoms with Crippen molar-refractivity contribution in [2.75, 3.05) is 14.1 Å². The van der Waals surface area contributed by atoms with E-state index in [-0.39, 0.29) is 11.6 Å². The zero-order valence-electron chi connectivity index (χ0n) is 11.6. The molecule has 1 aliphatic heterocycles. The van der Waals surface area contributed by atoms with Gasteiger partial charge < -0.3 is 4.90 Å². The molecule has 1 rings (SSSR count). The summed E-state index contributed by atoms with van der Waals surface area (Å²) < 4.78 is 0. The van der Waals surface area contributed by atoms with E-state index in [4.69, 9.17) is 0 Å². The van der Waals surface area contributed by atoms with Crippen molar-refractivity contribution in [1.82, 2.24) is 10.2 Å². The maximum absolute atomic E-state index is 11.6. The monoisotopic (exact) mass is 250 g/mol. The number of nitrogens with one attached hydrogen (secondary N) is 1. The van der Waals surface area contributed by atoms with Crippen molar-refractivity contribution in [2.45, 2.75) is 32.9 Å². The van der Waals surface area contributed by atoms with Gasteiger partial charge in [0.1, 0.15) is 0 Å². The molecule has 100 valence electrons. The van der Waals surface area contributed by atoms with Gasteiger partial charge in [0, 0.05) is 24.7 Å². The predicted molar refractivity (Wildman–Crippen MR) is 71.9 cm³/mol. The highest BCUT2D eigenvalue weighted by atomic mass is 16.2. The zero-order chi connectivity index (χ0) is 13.8. The molecule has 0 aromatic heterocycles. The summed E-state index contributed by atoms with van der Waals surface area (Å²) in [5.41, 5.74) is -0.192. The molecular weight excluding hydrogens is 228 g/mol. The van der Waals surface area contributed by atoms with Crippen molar-refractivity contribution in [3.63, 3.8) is 0 Å². The molecule has 1 N–H and O–H groups in total. The summed E-state index contributed by atoms with van der Waals surface area (Å²) in [6.45, 7) is 4.21. The SMILES string of the molecule is CCCC1(C)/C=C/C(=O)C(=O)/C=C/N(C)C1NC. The van der Waals surface area contributed by atoms with Gasteiger partial charge in [-0.1, -0.05) is 26.3 Å². The van der Waals surface area contributed by atoms with Gasteiger partial charge in [-0.2, -0.15) is 0 Å². The van der Waals surface area contributed by atoms with Crippen molar-refractivity contribution >= 4 is 11.6 Å². The van der Waals surface area contributed by atoms with Crippen LogP contribution >= 0.6 is 0 Å². The average molecular weight is 250 g/mol. The summed E-state index contributed by atoms with van der Waals surface area (Å²) in [5, 5.41) is 3.26. The lowest BCUT2D eigenvalue weighted by molar-refractivity contribution is -0.130. The van der Waals surface area contributed by atoms with E-state index in [1.165, 1.54) is 12.2 Å². The van der Waals surface area contributed by atoms with Crippen LogP contribution < -0.4 is 5.32 Å². The molecule has 0 radical (unpaired) electrons. The Morgan fingerprint density at radius 3 is 2.50 bits per heavy atom. The number of carbonyl (C=O) groups excluding carboxylic acids is 2. The van der Waals surface area contributed by atoms with Crippen LogP contribution in [0.4, 0.5) is 0 Å². The summed E-state index contributed by atoms with van der Waals surface area (Å²) >= 11 is 0. The van der Waals surface area contributed by atoms with Crippen LogP contribution in [0, 0.1) is 5.41 Å². The van der Waals surface area contributed by atoms with Crippen molar-refractivity contribution in [3.8, 4) is 0 Å². The first-order valence-electron chi connectivity index (χ1n) is 6.29. The van der Waals surface area contributed by atoms with E-state index < -0.39 is 11.6 Å². The third-order valence-electron chi connectivity index (χ3n) is 3.41. The van der Waals surface area contributed by atoms with E-state index in [9.17, 15) is 9.59 Å². The fourth-order valence-corrected chi connectivity index (χ4v) is 2.55. The van der Waals surface area contributed by atoms with Gasteiger partial charge in [-0.25, -0.2) is 0 Å². The maximum atomic E-state index is 11.6. The summed E-state index contributed by atoms with van der Waals surface area (Å²) in [4.78, 5) is 25.0. The van der Waals surface area contributed by atoms with Crippen molar-refractivity contribution in [1.29, 1.82) is 0 Å². The lowest BCUT2D eigenvalue weighted by Crippen LogP contribution is -2.49. The van der Waals surface area contributed by atoms with Crippen LogP contribution in [0.25, 0.3) is 0 Å². The highest BCUT2D eigenvalue weighted by Gasteiger charge is 2.33. The van der Waals surface area contributed by atoms with Crippen LogP contribution in [-0.4, -0.2) is 36.7 Å². The summed E-state index contributed by atoms with van der Waals surface area (Å²) in [5.74, 6) is -0.938. The molecule has 0 aromatic rings. The minimum atomic E-state index is -0.478. The van der Waals surface area contributed by atoms with Crippen molar-refractivity contribution in [3.05, 3.63) is 24.4 Å².